The second-order valence-electron chi connectivity index (χ2n) is 3.77. The van der Waals surface area contributed by atoms with Crippen molar-refractivity contribution in [3.8, 4) is 0 Å². The molecule has 3 heteroatoms. The third-order valence-corrected chi connectivity index (χ3v) is 2.64. The summed E-state index contributed by atoms with van der Waals surface area (Å²) in [6, 6.07) is 0.408. The highest BCUT2D eigenvalue weighted by atomic mass is 16.5. The van der Waals surface area contributed by atoms with Crippen LogP contribution in [0.15, 0.2) is 0 Å². The smallest absolute Gasteiger partial charge is 0.120 e. The minimum Gasteiger partial charge on any atom is -0.359 e. The van der Waals surface area contributed by atoms with E-state index in [2.05, 4.69) is 4.90 Å². The molecule has 1 aliphatic heterocycles. The number of ether oxygens (including phenoxy) is 1. The van der Waals surface area contributed by atoms with Gasteiger partial charge in [0, 0.05) is 12.5 Å². The molecular weight excluding hydrogens is 154 g/mol. The summed E-state index contributed by atoms with van der Waals surface area (Å²) in [7, 11) is 2.04. The molecule has 1 atom stereocenters. The maximum Gasteiger partial charge on any atom is 0.120 e. The lowest BCUT2D eigenvalue weighted by Crippen LogP contribution is -2.40. The lowest BCUT2D eigenvalue weighted by atomic mass is 10.1. The van der Waals surface area contributed by atoms with Gasteiger partial charge in [0.15, 0.2) is 0 Å². The first-order valence-electron chi connectivity index (χ1n) is 4.38. The van der Waals surface area contributed by atoms with Crippen molar-refractivity contribution >= 4 is 6.29 Å². The minimum absolute atomic E-state index is 0.159. The van der Waals surface area contributed by atoms with Crippen LogP contribution in [0.25, 0.3) is 0 Å². The maximum atomic E-state index is 10.2. The molecule has 0 aromatic carbocycles. The Bertz CT molecular complexity index is 168. The van der Waals surface area contributed by atoms with E-state index in [9.17, 15) is 4.79 Å². The molecule has 1 fully saturated rings. The van der Waals surface area contributed by atoms with E-state index in [4.69, 9.17) is 4.74 Å². The van der Waals surface area contributed by atoms with Crippen molar-refractivity contribution in [1.29, 1.82) is 0 Å². The molecule has 0 aliphatic carbocycles. The Hall–Kier alpha value is -0.410. The second kappa shape index (κ2) is 3.54. The van der Waals surface area contributed by atoms with Crippen LogP contribution in [0.5, 0.6) is 0 Å². The average Bonchev–Trinajstić information content (AvgIpc) is 2.26. The van der Waals surface area contributed by atoms with Gasteiger partial charge in [-0.05, 0) is 27.3 Å². The molecule has 1 aliphatic rings. The zero-order chi connectivity index (χ0) is 9.19. The SMILES string of the molecule is CN1C(CCC=O)COC1(C)C. The van der Waals surface area contributed by atoms with E-state index < -0.39 is 0 Å². The summed E-state index contributed by atoms with van der Waals surface area (Å²) in [6.07, 6.45) is 2.51. The summed E-state index contributed by atoms with van der Waals surface area (Å²) in [6.45, 7) is 4.85. The van der Waals surface area contributed by atoms with Gasteiger partial charge < -0.3 is 9.53 Å². The van der Waals surface area contributed by atoms with Crippen molar-refractivity contribution in [1.82, 2.24) is 4.90 Å². The molecule has 1 unspecified atom stereocenters. The predicted molar refractivity (Wildman–Crippen MR) is 46.9 cm³/mol. The Morgan fingerprint density at radius 3 is 2.75 bits per heavy atom. The Morgan fingerprint density at radius 1 is 1.67 bits per heavy atom. The highest BCUT2D eigenvalue weighted by Gasteiger charge is 2.36. The van der Waals surface area contributed by atoms with Gasteiger partial charge in [0.2, 0.25) is 0 Å². The highest BCUT2D eigenvalue weighted by Crippen LogP contribution is 2.26. The lowest BCUT2D eigenvalue weighted by Gasteiger charge is -2.29. The monoisotopic (exact) mass is 171 g/mol. The molecule has 70 valence electrons. The molecule has 0 bridgehead atoms. The van der Waals surface area contributed by atoms with Crippen LogP contribution in [0, 0.1) is 0 Å². The molecule has 0 radical (unpaired) electrons. The standard InChI is InChI=1S/C9H17NO2/c1-9(2)10(3)8(7-12-9)5-4-6-11/h6,8H,4-5,7H2,1-3H3. The molecule has 0 amide bonds. The number of rotatable bonds is 3. The first kappa shape index (κ1) is 9.68. The molecule has 0 N–H and O–H groups in total. The normalized spacial score (nSPS) is 29.1. The van der Waals surface area contributed by atoms with Crippen molar-refractivity contribution in [3.63, 3.8) is 0 Å². The number of aldehydes is 1. The summed E-state index contributed by atoms with van der Waals surface area (Å²) < 4.78 is 5.57. The summed E-state index contributed by atoms with van der Waals surface area (Å²) in [5.41, 5.74) is -0.159. The van der Waals surface area contributed by atoms with Gasteiger partial charge in [-0.3, -0.25) is 4.90 Å². The number of hydrogen-bond acceptors (Lipinski definition) is 3. The van der Waals surface area contributed by atoms with Gasteiger partial charge in [0.05, 0.1) is 6.61 Å². The summed E-state index contributed by atoms with van der Waals surface area (Å²) in [5.74, 6) is 0. The molecule has 0 aromatic heterocycles. The fourth-order valence-corrected chi connectivity index (χ4v) is 1.49. The third kappa shape index (κ3) is 1.84. The first-order chi connectivity index (χ1) is 5.58. The van der Waals surface area contributed by atoms with E-state index in [1.807, 2.05) is 20.9 Å². The van der Waals surface area contributed by atoms with E-state index in [0.717, 1.165) is 19.3 Å². The lowest BCUT2D eigenvalue weighted by molar-refractivity contribution is -0.108. The van der Waals surface area contributed by atoms with E-state index in [0.29, 0.717) is 12.5 Å². The Labute approximate surface area is 73.7 Å². The topological polar surface area (TPSA) is 29.5 Å². The van der Waals surface area contributed by atoms with Gasteiger partial charge >= 0.3 is 0 Å². The molecule has 0 aromatic rings. The van der Waals surface area contributed by atoms with Crippen LogP contribution >= 0.6 is 0 Å². The van der Waals surface area contributed by atoms with E-state index in [-0.39, 0.29) is 5.72 Å². The quantitative estimate of drug-likeness (QED) is 0.594. The number of carbonyl (C=O) groups excluding carboxylic acids is 1. The molecule has 12 heavy (non-hydrogen) atoms. The molecule has 1 heterocycles. The summed E-state index contributed by atoms with van der Waals surface area (Å²) >= 11 is 0. The molecule has 1 saturated heterocycles. The van der Waals surface area contributed by atoms with Crippen LogP contribution in [-0.2, 0) is 9.53 Å². The second-order valence-corrected chi connectivity index (χ2v) is 3.77. The van der Waals surface area contributed by atoms with E-state index in [1.165, 1.54) is 0 Å². The third-order valence-electron chi connectivity index (χ3n) is 2.64. The van der Waals surface area contributed by atoms with Crippen molar-refractivity contribution in [2.75, 3.05) is 13.7 Å². The van der Waals surface area contributed by atoms with Gasteiger partial charge in [-0.2, -0.15) is 0 Å². The molecule has 1 rings (SSSR count). The maximum absolute atomic E-state index is 10.2. The summed E-state index contributed by atoms with van der Waals surface area (Å²) in [5, 5.41) is 0. The number of hydrogen-bond donors (Lipinski definition) is 0. The molecule has 0 saturated carbocycles. The van der Waals surface area contributed by atoms with Crippen LogP contribution in [-0.4, -0.2) is 36.6 Å². The van der Waals surface area contributed by atoms with Gasteiger partial charge in [-0.25, -0.2) is 0 Å². The average molecular weight is 171 g/mol. The van der Waals surface area contributed by atoms with E-state index in [1.54, 1.807) is 0 Å². The number of carbonyl (C=O) groups is 1. The van der Waals surface area contributed by atoms with Crippen LogP contribution in [0.3, 0.4) is 0 Å². The summed E-state index contributed by atoms with van der Waals surface area (Å²) in [4.78, 5) is 12.4. The van der Waals surface area contributed by atoms with Gasteiger partial charge in [-0.1, -0.05) is 0 Å². The van der Waals surface area contributed by atoms with E-state index >= 15 is 0 Å². The Morgan fingerprint density at radius 2 is 2.33 bits per heavy atom. The van der Waals surface area contributed by atoms with Crippen molar-refractivity contribution in [3.05, 3.63) is 0 Å². The minimum atomic E-state index is -0.159. The largest absolute Gasteiger partial charge is 0.359 e. The van der Waals surface area contributed by atoms with Crippen LogP contribution in [0.1, 0.15) is 26.7 Å². The number of nitrogens with zero attached hydrogens (tertiary/aromatic N) is 1. The highest BCUT2D eigenvalue weighted by molar-refractivity contribution is 5.49. The van der Waals surface area contributed by atoms with Crippen molar-refractivity contribution < 1.29 is 9.53 Å². The number of likely N-dealkylation sites (N-methyl/N-ethyl adjacent to an activating group) is 1. The van der Waals surface area contributed by atoms with Crippen molar-refractivity contribution in [2.45, 2.75) is 38.5 Å². The molecule has 0 spiro atoms. The fourth-order valence-electron chi connectivity index (χ4n) is 1.49. The zero-order valence-corrected chi connectivity index (χ0v) is 8.04. The first-order valence-corrected chi connectivity index (χ1v) is 4.38. The Balaban J connectivity index is 2.43. The zero-order valence-electron chi connectivity index (χ0n) is 8.04. The van der Waals surface area contributed by atoms with Gasteiger partial charge in [0.25, 0.3) is 0 Å². The van der Waals surface area contributed by atoms with Crippen molar-refractivity contribution in [2.24, 2.45) is 0 Å². The van der Waals surface area contributed by atoms with Gasteiger partial charge in [0.1, 0.15) is 12.0 Å². The Kier molecular flexibility index (Phi) is 2.85. The van der Waals surface area contributed by atoms with Gasteiger partial charge in [-0.15, -0.1) is 0 Å². The molecule has 3 nitrogen and oxygen atoms in total. The van der Waals surface area contributed by atoms with Crippen LogP contribution in [0.4, 0.5) is 0 Å². The molecular formula is C9H17NO2. The van der Waals surface area contributed by atoms with Crippen LogP contribution in [0.2, 0.25) is 0 Å². The van der Waals surface area contributed by atoms with Crippen LogP contribution < -0.4 is 0 Å². The predicted octanol–water partition coefficient (Wildman–Crippen LogP) is 1.03. The fraction of sp³-hybridized carbons (Fsp3) is 0.889.